The van der Waals surface area contributed by atoms with Crippen molar-refractivity contribution in [2.45, 2.75) is 25.5 Å². The van der Waals surface area contributed by atoms with Crippen LogP contribution in [0.5, 0.6) is 0 Å². The molecule has 0 aliphatic heterocycles. The predicted octanol–water partition coefficient (Wildman–Crippen LogP) is 4.22. The van der Waals surface area contributed by atoms with Gasteiger partial charge in [0.1, 0.15) is 4.83 Å². The van der Waals surface area contributed by atoms with Crippen LogP contribution in [0.4, 0.5) is 5.69 Å². The number of nitrogen functional groups attached to an aromatic ring is 1. The lowest BCUT2D eigenvalue weighted by Crippen LogP contribution is -2.01. The lowest BCUT2D eigenvalue weighted by molar-refractivity contribution is 0.733. The second kappa shape index (κ2) is 6.78. The van der Waals surface area contributed by atoms with Gasteiger partial charge < -0.3 is 5.73 Å². The molecule has 0 spiro atoms. The Morgan fingerprint density at radius 2 is 2.08 bits per heavy atom. The minimum Gasteiger partial charge on any atom is -0.397 e. The van der Waals surface area contributed by atoms with Crippen LogP contribution in [0.2, 0.25) is 0 Å². The summed E-state index contributed by atoms with van der Waals surface area (Å²) in [4.78, 5) is 6.46. The first kappa shape index (κ1) is 16.7. The Labute approximate surface area is 149 Å². The van der Waals surface area contributed by atoms with Gasteiger partial charge >= 0.3 is 0 Å². The van der Waals surface area contributed by atoms with Gasteiger partial charge in [0.2, 0.25) is 0 Å². The van der Waals surface area contributed by atoms with Crippen LogP contribution >= 0.6 is 23.1 Å². The molecule has 2 N–H and O–H groups in total. The number of pyridine rings is 1. The SMILES string of the molecule is C=CCSc1nnc(-c2sc3nc(C)cc(C)c3c2N)n1CC=C. The zero-order chi connectivity index (χ0) is 17.3. The van der Waals surface area contributed by atoms with Gasteiger partial charge in [0.25, 0.3) is 0 Å². The van der Waals surface area contributed by atoms with Gasteiger partial charge in [-0.25, -0.2) is 4.98 Å². The highest BCUT2D eigenvalue weighted by Gasteiger charge is 2.21. The third-order valence-electron chi connectivity index (χ3n) is 3.59. The van der Waals surface area contributed by atoms with Gasteiger partial charge in [0.15, 0.2) is 11.0 Å². The summed E-state index contributed by atoms with van der Waals surface area (Å²) in [6.45, 7) is 12.3. The summed E-state index contributed by atoms with van der Waals surface area (Å²) in [5, 5.41) is 10.5. The second-order valence-corrected chi connectivity index (χ2v) is 7.40. The van der Waals surface area contributed by atoms with Crippen LogP contribution in [-0.4, -0.2) is 25.5 Å². The summed E-state index contributed by atoms with van der Waals surface area (Å²) < 4.78 is 2.03. The van der Waals surface area contributed by atoms with Crippen molar-refractivity contribution < 1.29 is 0 Å². The molecule has 0 unspecified atom stereocenters. The standard InChI is InChI=1S/C17H19N5S2/c1-5-7-22-15(20-21-17(22)23-8-6-2)14-13(18)12-10(3)9-11(4)19-16(12)24-14/h5-6,9H,1-2,7-8,18H2,3-4H3. The Morgan fingerprint density at radius 3 is 2.79 bits per heavy atom. The van der Waals surface area contributed by atoms with Gasteiger partial charge in [0.05, 0.1) is 10.6 Å². The minimum atomic E-state index is 0.626. The number of anilines is 1. The van der Waals surface area contributed by atoms with Crippen LogP contribution < -0.4 is 5.73 Å². The first-order valence-corrected chi connectivity index (χ1v) is 9.31. The summed E-state index contributed by atoms with van der Waals surface area (Å²) in [6, 6.07) is 2.05. The highest BCUT2D eigenvalue weighted by atomic mass is 32.2. The summed E-state index contributed by atoms with van der Waals surface area (Å²) in [5.74, 6) is 1.54. The molecule has 3 rings (SSSR count). The average Bonchev–Trinajstić information content (AvgIpc) is 3.07. The Hall–Kier alpha value is -2.12. The van der Waals surface area contributed by atoms with Crippen LogP contribution in [0.15, 0.2) is 36.5 Å². The molecule has 0 saturated carbocycles. The van der Waals surface area contributed by atoms with Gasteiger partial charge in [-0.15, -0.1) is 34.7 Å². The van der Waals surface area contributed by atoms with E-state index in [1.165, 1.54) is 0 Å². The molecule has 7 heteroatoms. The molecular weight excluding hydrogens is 338 g/mol. The molecule has 0 aromatic carbocycles. The normalized spacial score (nSPS) is 11.1. The molecule has 24 heavy (non-hydrogen) atoms. The Morgan fingerprint density at radius 1 is 1.29 bits per heavy atom. The summed E-state index contributed by atoms with van der Waals surface area (Å²) >= 11 is 3.15. The number of nitrogens with two attached hydrogens (primary N) is 1. The molecule has 0 aliphatic carbocycles. The van der Waals surface area contributed by atoms with Crippen molar-refractivity contribution >= 4 is 39.0 Å². The summed E-state index contributed by atoms with van der Waals surface area (Å²) in [7, 11) is 0. The van der Waals surface area contributed by atoms with Crippen LogP contribution in [0.3, 0.4) is 0 Å². The monoisotopic (exact) mass is 357 g/mol. The van der Waals surface area contributed by atoms with Crippen molar-refractivity contribution in [1.82, 2.24) is 19.7 Å². The number of allylic oxidation sites excluding steroid dienone is 1. The lowest BCUT2D eigenvalue weighted by Gasteiger charge is -2.06. The van der Waals surface area contributed by atoms with E-state index in [0.717, 1.165) is 48.8 Å². The van der Waals surface area contributed by atoms with Crippen molar-refractivity contribution in [3.8, 4) is 10.7 Å². The minimum absolute atomic E-state index is 0.626. The first-order chi connectivity index (χ1) is 11.6. The van der Waals surface area contributed by atoms with Crippen LogP contribution in [-0.2, 0) is 6.54 Å². The first-order valence-electron chi connectivity index (χ1n) is 7.51. The maximum atomic E-state index is 6.44. The second-order valence-electron chi connectivity index (χ2n) is 5.41. The van der Waals surface area contributed by atoms with E-state index < -0.39 is 0 Å². The van der Waals surface area contributed by atoms with Crippen molar-refractivity contribution in [3.63, 3.8) is 0 Å². The van der Waals surface area contributed by atoms with Gasteiger partial charge in [-0.05, 0) is 25.5 Å². The number of thiophene rings is 1. The predicted molar refractivity (Wildman–Crippen MR) is 104 cm³/mol. The Bertz CT molecular complexity index is 923. The highest BCUT2D eigenvalue weighted by Crippen LogP contribution is 2.41. The third kappa shape index (κ3) is 2.85. The Kier molecular flexibility index (Phi) is 4.73. The molecular formula is C17H19N5S2. The number of nitrogens with zero attached hydrogens (tertiary/aromatic N) is 4. The van der Waals surface area contributed by atoms with Gasteiger partial charge in [-0.3, -0.25) is 4.57 Å². The molecule has 0 atom stereocenters. The molecule has 0 aliphatic rings. The molecule has 3 aromatic heterocycles. The van der Waals surface area contributed by atoms with E-state index >= 15 is 0 Å². The zero-order valence-electron chi connectivity index (χ0n) is 13.7. The van der Waals surface area contributed by atoms with Crippen LogP contribution in [0.25, 0.3) is 20.9 Å². The van der Waals surface area contributed by atoms with Crippen molar-refractivity contribution in [1.29, 1.82) is 0 Å². The number of rotatable bonds is 6. The molecule has 5 nitrogen and oxygen atoms in total. The maximum Gasteiger partial charge on any atom is 0.192 e. The van der Waals surface area contributed by atoms with E-state index in [2.05, 4.69) is 41.3 Å². The molecule has 0 radical (unpaired) electrons. The quantitative estimate of drug-likeness (QED) is 0.528. The summed E-state index contributed by atoms with van der Waals surface area (Å²) in [5.41, 5.74) is 9.28. The molecule has 124 valence electrons. The van der Waals surface area contributed by atoms with Crippen LogP contribution in [0, 0.1) is 13.8 Å². The fraction of sp³-hybridized carbons (Fsp3) is 0.235. The van der Waals surface area contributed by atoms with E-state index in [4.69, 9.17) is 5.73 Å². The topological polar surface area (TPSA) is 69.6 Å². The van der Waals surface area contributed by atoms with E-state index in [1.807, 2.05) is 23.6 Å². The number of fused-ring (bicyclic) bond motifs is 1. The van der Waals surface area contributed by atoms with Crippen LogP contribution in [0.1, 0.15) is 11.3 Å². The zero-order valence-corrected chi connectivity index (χ0v) is 15.4. The number of thioether (sulfide) groups is 1. The fourth-order valence-corrected chi connectivity index (χ4v) is 4.52. The fourth-order valence-electron chi connectivity index (χ4n) is 2.63. The third-order valence-corrected chi connectivity index (χ3v) is 5.64. The lowest BCUT2D eigenvalue weighted by atomic mass is 10.1. The van der Waals surface area contributed by atoms with E-state index in [0.29, 0.717) is 6.54 Å². The summed E-state index contributed by atoms with van der Waals surface area (Å²) in [6.07, 6.45) is 3.68. The highest BCUT2D eigenvalue weighted by molar-refractivity contribution is 7.99. The average molecular weight is 358 g/mol. The van der Waals surface area contributed by atoms with Crippen molar-refractivity contribution in [2.24, 2.45) is 0 Å². The maximum absolute atomic E-state index is 6.44. The van der Waals surface area contributed by atoms with E-state index in [9.17, 15) is 0 Å². The van der Waals surface area contributed by atoms with E-state index in [1.54, 1.807) is 23.1 Å². The molecule has 3 heterocycles. The number of hydrogen-bond donors (Lipinski definition) is 1. The Balaban J connectivity index is 2.18. The number of aromatic nitrogens is 4. The largest absolute Gasteiger partial charge is 0.397 e. The van der Waals surface area contributed by atoms with E-state index in [-0.39, 0.29) is 0 Å². The van der Waals surface area contributed by atoms with Crippen molar-refractivity contribution in [2.75, 3.05) is 11.5 Å². The van der Waals surface area contributed by atoms with Gasteiger partial charge in [0, 0.05) is 23.4 Å². The molecule has 0 bridgehead atoms. The molecule has 0 saturated heterocycles. The molecule has 0 fully saturated rings. The van der Waals surface area contributed by atoms with Gasteiger partial charge in [-0.2, -0.15) is 0 Å². The van der Waals surface area contributed by atoms with Crippen molar-refractivity contribution in [3.05, 3.63) is 42.6 Å². The molecule has 3 aromatic rings. The smallest absolute Gasteiger partial charge is 0.192 e. The molecule has 0 amide bonds. The number of hydrogen-bond acceptors (Lipinski definition) is 6. The number of aryl methyl sites for hydroxylation is 2. The van der Waals surface area contributed by atoms with Gasteiger partial charge in [-0.1, -0.05) is 23.9 Å².